The summed E-state index contributed by atoms with van der Waals surface area (Å²) in [6, 6.07) is 0. The summed E-state index contributed by atoms with van der Waals surface area (Å²) in [5.74, 6) is -0.333. The zero-order valence-corrected chi connectivity index (χ0v) is 8.46. The normalized spacial score (nSPS) is 10.1. The van der Waals surface area contributed by atoms with Crippen LogP contribution in [0.1, 0.15) is 12.8 Å². The fraction of sp³-hybridized carbons (Fsp3) is 0.800. The van der Waals surface area contributed by atoms with Crippen molar-refractivity contribution < 1.29 is 17.2 Å². The number of hydrogen-bond acceptors (Lipinski definition) is 5. The van der Waals surface area contributed by atoms with Crippen molar-refractivity contribution in [3.63, 3.8) is 0 Å². The van der Waals surface area contributed by atoms with E-state index in [1.807, 2.05) is 0 Å². The average Bonchev–Trinajstić information content (AvgIpc) is 1.95. The first kappa shape index (κ1) is 15.6. The third-order valence-electron chi connectivity index (χ3n) is 0.831. The summed E-state index contributed by atoms with van der Waals surface area (Å²) in [5.41, 5.74) is 14.1. The second kappa shape index (κ2) is 8.69. The average molecular weight is 228 g/mol. The summed E-state index contributed by atoms with van der Waals surface area (Å²) < 4.78 is 31.8. The molecule has 0 aromatic heterocycles. The summed E-state index contributed by atoms with van der Waals surface area (Å²) in [5, 5.41) is 6.06. The summed E-state index contributed by atoms with van der Waals surface area (Å²) in [6.07, 6.45) is 1.23. The van der Waals surface area contributed by atoms with Gasteiger partial charge in [0.2, 0.25) is 0 Å². The quantitative estimate of drug-likeness (QED) is 0.163. The van der Waals surface area contributed by atoms with E-state index in [9.17, 15) is 8.42 Å². The molecule has 0 aromatic carbocycles. The molecule has 8 N–H and O–H groups in total. The van der Waals surface area contributed by atoms with Gasteiger partial charge in [0.25, 0.3) is 0 Å². The van der Waals surface area contributed by atoms with Crippen LogP contribution in [0.5, 0.6) is 0 Å². The molecule has 0 bridgehead atoms. The molecule has 9 heteroatoms. The van der Waals surface area contributed by atoms with Crippen molar-refractivity contribution >= 4 is 16.4 Å². The van der Waals surface area contributed by atoms with Crippen LogP contribution in [-0.4, -0.2) is 32.1 Å². The summed E-state index contributed by atoms with van der Waals surface area (Å²) in [7, 11) is -4.25. The van der Waals surface area contributed by atoms with Gasteiger partial charge in [-0.15, -0.1) is 0 Å². The van der Waals surface area contributed by atoms with E-state index in [-0.39, 0.29) is 12.6 Å². The van der Waals surface area contributed by atoms with E-state index in [1.165, 1.54) is 0 Å². The smallest absolute Gasteiger partial charge is 0.370 e. The molecule has 8 nitrogen and oxygen atoms in total. The van der Waals surface area contributed by atoms with Gasteiger partial charge >= 0.3 is 10.4 Å². The van der Waals surface area contributed by atoms with E-state index in [2.05, 4.69) is 15.7 Å². The van der Waals surface area contributed by atoms with Crippen LogP contribution in [0.4, 0.5) is 0 Å². The van der Waals surface area contributed by atoms with E-state index in [1.54, 1.807) is 0 Å². The number of nitrogens with one attached hydrogen (secondary N) is 1. The molecule has 0 spiro atoms. The lowest BCUT2D eigenvalue weighted by atomic mass is 10.3. The minimum absolute atomic E-state index is 0.00394. The molecule has 0 radical (unpaired) electrons. The van der Waals surface area contributed by atoms with Crippen molar-refractivity contribution in [2.45, 2.75) is 12.8 Å². The largest absolute Gasteiger partial charge is 0.397 e. The summed E-state index contributed by atoms with van der Waals surface area (Å²) >= 11 is 0. The minimum Gasteiger partial charge on any atom is -0.370 e. The maximum atomic E-state index is 9.90. The van der Waals surface area contributed by atoms with Crippen molar-refractivity contribution in [3.8, 4) is 0 Å². The lowest BCUT2D eigenvalue weighted by Gasteiger charge is -1.96. The zero-order chi connectivity index (χ0) is 11.6. The number of rotatable bonds is 5. The Kier molecular flexibility index (Phi) is 9.66. The van der Waals surface area contributed by atoms with Crippen LogP contribution in [0.2, 0.25) is 0 Å². The fourth-order valence-electron chi connectivity index (χ4n) is 0.411. The first-order chi connectivity index (χ1) is 6.29. The van der Waals surface area contributed by atoms with Gasteiger partial charge in [-0.1, -0.05) is 0 Å². The Hall–Kier alpha value is -0.900. The Morgan fingerprint density at radius 3 is 2.07 bits per heavy atom. The highest BCUT2D eigenvalue weighted by Crippen LogP contribution is 1.91. The molecule has 0 heterocycles. The molecular weight excluding hydrogens is 212 g/mol. The highest BCUT2D eigenvalue weighted by Gasteiger charge is 2.01. The van der Waals surface area contributed by atoms with Crippen LogP contribution in [0.25, 0.3) is 0 Å². The fourth-order valence-corrected chi connectivity index (χ4v) is 0.739. The predicted octanol–water partition coefficient (Wildman–Crippen LogP) is -1.62. The summed E-state index contributed by atoms with van der Waals surface area (Å²) in [6.45, 7) is 0.491. The third kappa shape index (κ3) is 30.4. The molecule has 0 fully saturated rings. The Bertz CT molecular complexity index is 236. The molecule has 0 saturated heterocycles. The molecule has 0 rings (SSSR count). The van der Waals surface area contributed by atoms with Gasteiger partial charge in [0.15, 0.2) is 5.96 Å². The van der Waals surface area contributed by atoms with Gasteiger partial charge in [0, 0.05) is 0 Å². The molecule has 0 amide bonds. The van der Waals surface area contributed by atoms with Crippen molar-refractivity contribution in [1.29, 1.82) is 5.41 Å². The van der Waals surface area contributed by atoms with Crippen LogP contribution in [0.3, 0.4) is 0 Å². The molecule has 86 valence electrons. The van der Waals surface area contributed by atoms with E-state index in [0.29, 0.717) is 19.4 Å². The van der Waals surface area contributed by atoms with Crippen LogP contribution in [-0.2, 0) is 14.6 Å². The maximum absolute atomic E-state index is 9.90. The van der Waals surface area contributed by atoms with E-state index < -0.39 is 10.4 Å². The van der Waals surface area contributed by atoms with Gasteiger partial charge in [0.1, 0.15) is 0 Å². The van der Waals surface area contributed by atoms with Gasteiger partial charge in [-0.25, -0.2) is 4.18 Å². The molecule has 0 saturated carbocycles. The predicted molar refractivity (Wildman–Crippen MR) is 51.9 cm³/mol. The summed E-state index contributed by atoms with van der Waals surface area (Å²) in [4.78, 5) is 0. The second-order valence-electron chi connectivity index (χ2n) is 2.20. The molecule has 14 heavy (non-hydrogen) atoms. The van der Waals surface area contributed by atoms with Crippen LogP contribution >= 0.6 is 0 Å². The van der Waals surface area contributed by atoms with Crippen LogP contribution < -0.4 is 17.2 Å². The Labute approximate surface area is 82.9 Å². The highest BCUT2D eigenvalue weighted by atomic mass is 32.3. The van der Waals surface area contributed by atoms with Crippen LogP contribution in [0.15, 0.2) is 0 Å². The molecule has 0 aliphatic rings. The lowest BCUT2D eigenvalue weighted by Crippen LogP contribution is -2.20. The van der Waals surface area contributed by atoms with Gasteiger partial charge in [0.05, 0.1) is 6.61 Å². The third-order valence-corrected chi connectivity index (χ3v) is 1.30. The molecule has 0 aliphatic heterocycles. The molecule has 0 aliphatic carbocycles. The maximum Gasteiger partial charge on any atom is 0.397 e. The van der Waals surface area contributed by atoms with Crippen molar-refractivity contribution in [3.05, 3.63) is 0 Å². The van der Waals surface area contributed by atoms with Crippen molar-refractivity contribution in [2.75, 3.05) is 13.2 Å². The van der Waals surface area contributed by atoms with Gasteiger partial charge in [-0.05, 0) is 19.4 Å². The number of nitrogens with two attached hydrogens (primary N) is 3. The standard InChI is InChI=1S/C4H11NO4S.CH5N3/c5-3-1-2-4-9-10(6,7)8;2-1(3)4/h1-5H2,(H,6,7,8);(H5,2,3,4). The SMILES string of the molecule is N=C(N)N.NCCCCOS(=O)(=O)O. The first-order valence-electron chi connectivity index (χ1n) is 3.71. The zero-order valence-electron chi connectivity index (χ0n) is 7.64. The Morgan fingerprint density at radius 2 is 1.79 bits per heavy atom. The van der Waals surface area contributed by atoms with Crippen molar-refractivity contribution in [2.24, 2.45) is 17.2 Å². The van der Waals surface area contributed by atoms with E-state index >= 15 is 0 Å². The number of guanidine groups is 1. The second-order valence-corrected chi connectivity index (χ2v) is 3.29. The Morgan fingerprint density at radius 1 is 1.36 bits per heavy atom. The minimum atomic E-state index is -4.25. The molecular formula is C5H16N4O4S. The Balaban J connectivity index is 0. The van der Waals surface area contributed by atoms with Gasteiger partial charge in [-0.2, -0.15) is 8.42 Å². The van der Waals surface area contributed by atoms with Gasteiger partial charge in [-0.3, -0.25) is 9.96 Å². The van der Waals surface area contributed by atoms with Crippen molar-refractivity contribution in [1.82, 2.24) is 0 Å². The van der Waals surface area contributed by atoms with E-state index in [4.69, 9.17) is 15.7 Å². The topological polar surface area (TPSA) is 166 Å². The van der Waals surface area contributed by atoms with Crippen LogP contribution in [0, 0.1) is 5.41 Å². The monoisotopic (exact) mass is 228 g/mol. The highest BCUT2D eigenvalue weighted by molar-refractivity contribution is 7.80. The molecule has 0 aromatic rings. The molecule has 0 atom stereocenters. The first-order valence-corrected chi connectivity index (χ1v) is 5.07. The van der Waals surface area contributed by atoms with E-state index in [0.717, 1.165) is 0 Å². The number of unbranched alkanes of at least 4 members (excludes halogenated alkanes) is 1. The number of hydrogen-bond donors (Lipinski definition) is 5. The molecule has 0 unspecified atom stereocenters. The van der Waals surface area contributed by atoms with Gasteiger partial charge < -0.3 is 17.2 Å². The lowest BCUT2D eigenvalue weighted by molar-refractivity contribution is 0.263.